The van der Waals surface area contributed by atoms with E-state index in [1.807, 2.05) is 45.9 Å². The molecule has 5 amide bonds. The van der Waals surface area contributed by atoms with E-state index in [4.69, 9.17) is 4.74 Å². The number of amides is 5. The fourth-order valence-corrected chi connectivity index (χ4v) is 4.23. The molecular formula is C25H35N5O6. The molecule has 0 aliphatic carbocycles. The highest BCUT2D eigenvalue weighted by molar-refractivity contribution is 6.00. The Labute approximate surface area is 211 Å². The number of benzene rings is 1. The number of carbonyl (C=O) groups excluding carboxylic acids is 5. The summed E-state index contributed by atoms with van der Waals surface area (Å²) >= 11 is 0. The van der Waals surface area contributed by atoms with E-state index in [1.54, 1.807) is 9.80 Å². The van der Waals surface area contributed by atoms with Crippen LogP contribution < -0.4 is 10.6 Å². The van der Waals surface area contributed by atoms with Gasteiger partial charge >= 0.3 is 6.09 Å². The molecule has 2 heterocycles. The van der Waals surface area contributed by atoms with Gasteiger partial charge in [-0.25, -0.2) is 4.79 Å². The first-order chi connectivity index (χ1) is 17.0. The van der Waals surface area contributed by atoms with E-state index in [2.05, 4.69) is 10.6 Å². The fraction of sp³-hybridized carbons (Fsp3) is 0.560. The zero-order valence-electron chi connectivity index (χ0n) is 21.3. The van der Waals surface area contributed by atoms with Crippen molar-refractivity contribution in [2.45, 2.75) is 58.7 Å². The van der Waals surface area contributed by atoms with Gasteiger partial charge in [-0.3, -0.25) is 24.5 Å². The molecule has 2 aliphatic heterocycles. The second-order valence-electron chi connectivity index (χ2n) is 10.0. The number of nitrogens with zero attached hydrogens (tertiary/aromatic N) is 3. The maximum Gasteiger partial charge on any atom is 0.410 e. The SMILES string of the molecule is Cc1cccc(NCC(=O)N2CCN(C(=O)OC(C)(C)C)CC2)c1CN(C=O)C1CCC(=O)NC1=O. The van der Waals surface area contributed by atoms with Gasteiger partial charge in [0.15, 0.2) is 0 Å². The standard InChI is InChI=1S/C25H35N5O6/c1-17-6-5-7-19(18(17)15-30(16-31)20-8-9-21(32)27-23(20)34)26-14-22(33)28-10-12-29(13-11-28)24(35)36-25(2,3)4/h5-7,16,20,26H,8-15H2,1-4H3,(H,27,32,34). The Bertz CT molecular complexity index is 1010. The quantitative estimate of drug-likeness (QED) is 0.425. The van der Waals surface area contributed by atoms with Crippen LogP contribution in [0.2, 0.25) is 0 Å². The topological polar surface area (TPSA) is 128 Å². The van der Waals surface area contributed by atoms with Crippen molar-refractivity contribution < 1.29 is 28.7 Å². The lowest BCUT2D eigenvalue weighted by molar-refractivity contribution is -0.141. The lowest BCUT2D eigenvalue weighted by atomic mass is 10.0. The Morgan fingerprint density at radius 3 is 2.44 bits per heavy atom. The summed E-state index contributed by atoms with van der Waals surface area (Å²) in [6, 6.07) is 4.84. The van der Waals surface area contributed by atoms with Crippen molar-refractivity contribution in [3.63, 3.8) is 0 Å². The van der Waals surface area contributed by atoms with Gasteiger partial charge in [-0.2, -0.15) is 0 Å². The van der Waals surface area contributed by atoms with E-state index in [0.29, 0.717) is 38.3 Å². The summed E-state index contributed by atoms with van der Waals surface area (Å²) in [7, 11) is 0. The van der Waals surface area contributed by atoms with Crippen molar-refractivity contribution in [1.82, 2.24) is 20.0 Å². The van der Waals surface area contributed by atoms with Gasteiger partial charge in [0, 0.05) is 44.8 Å². The molecule has 0 spiro atoms. The third kappa shape index (κ3) is 6.96. The molecule has 1 unspecified atom stereocenters. The van der Waals surface area contributed by atoms with E-state index >= 15 is 0 Å². The maximum atomic E-state index is 12.8. The summed E-state index contributed by atoms with van der Waals surface area (Å²) in [5, 5.41) is 5.45. The smallest absolute Gasteiger partial charge is 0.410 e. The first-order valence-corrected chi connectivity index (χ1v) is 12.1. The predicted molar refractivity (Wildman–Crippen MR) is 132 cm³/mol. The number of nitrogens with one attached hydrogen (secondary N) is 2. The van der Waals surface area contributed by atoms with Crippen LogP contribution in [0.25, 0.3) is 0 Å². The predicted octanol–water partition coefficient (Wildman–Crippen LogP) is 1.25. The molecule has 0 radical (unpaired) electrons. The van der Waals surface area contributed by atoms with Crippen molar-refractivity contribution in [3.05, 3.63) is 29.3 Å². The highest BCUT2D eigenvalue weighted by Crippen LogP contribution is 2.24. The van der Waals surface area contributed by atoms with E-state index in [-0.39, 0.29) is 43.8 Å². The molecule has 11 nitrogen and oxygen atoms in total. The van der Waals surface area contributed by atoms with Crippen molar-refractivity contribution in [2.24, 2.45) is 0 Å². The van der Waals surface area contributed by atoms with Gasteiger partial charge in [-0.15, -0.1) is 0 Å². The largest absolute Gasteiger partial charge is 0.444 e. The molecule has 196 valence electrons. The molecule has 36 heavy (non-hydrogen) atoms. The highest BCUT2D eigenvalue weighted by Gasteiger charge is 2.32. The van der Waals surface area contributed by atoms with Crippen molar-refractivity contribution in [2.75, 3.05) is 38.0 Å². The molecule has 2 N–H and O–H groups in total. The number of rotatable bonds is 7. The van der Waals surface area contributed by atoms with Crippen LogP contribution in [-0.4, -0.2) is 89.3 Å². The number of ether oxygens (including phenoxy) is 1. The summed E-state index contributed by atoms with van der Waals surface area (Å²) < 4.78 is 5.40. The van der Waals surface area contributed by atoms with Gasteiger partial charge < -0.3 is 24.8 Å². The molecule has 2 saturated heterocycles. The van der Waals surface area contributed by atoms with Crippen molar-refractivity contribution >= 4 is 35.9 Å². The Morgan fingerprint density at radius 2 is 1.83 bits per heavy atom. The minimum Gasteiger partial charge on any atom is -0.444 e. The second kappa shape index (κ2) is 11.4. The van der Waals surface area contributed by atoms with Crippen LogP contribution in [0.5, 0.6) is 0 Å². The first kappa shape index (κ1) is 27.0. The third-order valence-corrected chi connectivity index (χ3v) is 6.21. The average molecular weight is 502 g/mol. The summed E-state index contributed by atoms with van der Waals surface area (Å²) in [5.41, 5.74) is 1.81. The maximum absolute atomic E-state index is 12.8. The minimum absolute atomic E-state index is 0.0440. The average Bonchev–Trinajstić information content (AvgIpc) is 2.81. The van der Waals surface area contributed by atoms with Crippen LogP contribution in [0, 0.1) is 6.92 Å². The van der Waals surface area contributed by atoms with Crippen LogP contribution in [0.15, 0.2) is 18.2 Å². The lowest BCUT2D eigenvalue weighted by Gasteiger charge is -2.35. The third-order valence-electron chi connectivity index (χ3n) is 6.21. The van der Waals surface area contributed by atoms with Crippen molar-refractivity contribution in [1.29, 1.82) is 0 Å². The highest BCUT2D eigenvalue weighted by atomic mass is 16.6. The van der Waals surface area contributed by atoms with E-state index < -0.39 is 17.6 Å². The van der Waals surface area contributed by atoms with Crippen LogP contribution in [0.4, 0.5) is 10.5 Å². The number of hydrogen-bond acceptors (Lipinski definition) is 7. The number of carbonyl (C=O) groups is 5. The summed E-state index contributed by atoms with van der Waals surface area (Å²) in [4.78, 5) is 65.3. The molecule has 1 aromatic rings. The monoisotopic (exact) mass is 501 g/mol. The van der Waals surface area contributed by atoms with Crippen LogP contribution in [0.3, 0.4) is 0 Å². The molecule has 11 heteroatoms. The van der Waals surface area contributed by atoms with Crippen LogP contribution in [0.1, 0.15) is 44.7 Å². The van der Waals surface area contributed by atoms with Gasteiger partial charge in [-0.05, 0) is 51.3 Å². The molecule has 1 aromatic carbocycles. The summed E-state index contributed by atoms with van der Waals surface area (Å²) in [5.74, 6) is -0.934. The zero-order chi connectivity index (χ0) is 26.5. The van der Waals surface area contributed by atoms with Gasteiger partial charge in [0.05, 0.1) is 6.54 Å². The molecule has 0 aromatic heterocycles. The van der Waals surface area contributed by atoms with Crippen LogP contribution >= 0.6 is 0 Å². The normalized spacial score (nSPS) is 18.4. The molecular weight excluding hydrogens is 466 g/mol. The number of imide groups is 1. The minimum atomic E-state index is -0.726. The Kier molecular flexibility index (Phi) is 8.54. The summed E-state index contributed by atoms with van der Waals surface area (Å²) in [6.45, 7) is 9.16. The number of anilines is 1. The lowest BCUT2D eigenvalue weighted by Crippen LogP contribution is -2.52. The molecule has 2 fully saturated rings. The Morgan fingerprint density at radius 1 is 1.17 bits per heavy atom. The fourth-order valence-electron chi connectivity index (χ4n) is 4.23. The molecule has 0 saturated carbocycles. The van der Waals surface area contributed by atoms with E-state index in [1.165, 1.54) is 4.90 Å². The van der Waals surface area contributed by atoms with Crippen molar-refractivity contribution in [3.8, 4) is 0 Å². The van der Waals surface area contributed by atoms with E-state index in [0.717, 1.165) is 11.1 Å². The zero-order valence-corrected chi connectivity index (χ0v) is 21.3. The summed E-state index contributed by atoms with van der Waals surface area (Å²) in [6.07, 6.45) is 0.681. The van der Waals surface area contributed by atoms with Gasteiger partial charge in [-0.1, -0.05) is 12.1 Å². The van der Waals surface area contributed by atoms with Gasteiger partial charge in [0.1, 0.15) is 11.6 Å². The molecule has 0 bridgehead atoms. The number of piperidine rings is 1. The number of hydrogen-bond donors (Lipinski definition) is 2. The Balaban J connectivity index is 1.59. The second-order valence-corrected chi connectivity index (χ2v) is 10.0. The number of piperazine rings is 1. The Hall–Kier alpha value is -3.63. The van der Waals surface area contributed by atoms with Gasteiger partial charge in [0.2, 0.25) is 24.1 Å². The molecule has 3 rings (SSSR count). The first-order valence-electron chi connectivity index (χ1n) is 12.1. The van der Waals surface area contributed by atoms with Crippen LogP contribution in [-0.2, 0) is 30.5 Å². The van der Waals surface area contributed by atoms with E-state index in [9.17, 15) is 24.0 Å². The molecule has 2 aliphatic rings. The van der Waals surface area contributed by atoms with Gasteiger partial charge in [0.25, 0.3) is 0 Å². The number of aryl methyl sites for hydroxylation is 1. The molecule has 1 atom stereocenters.